The smallest absolute Gasteiger partial charge is 0.238 e. The van der Waals surface area contributed by atoms with Gasteiger partial charge in [-0.1, -0.05) is 0 Å². The molecule has 1 aliphatic heterocycles. The van der Waals surface area contributed by atoms with E-state index in [4.69, 9.17) is 27.2 Å². The molecule has 0 saturated carbocycles. The van der Waals surface area contributed by atoms with E-state index in [2.05, 4.69) is 15.0 Å². The molecular formula is C10H13ClN6O6S. The van der Waals surface area contributed by atoms with Crippen molar-refractivity contribution in [2.45, 2.75) is 30.0 Å². The summed E-state index contributed by atoms with van der Waals surface area (Å²) in [6.07, 6.45) is -5.11. The maximum atomic E-state index is 11.2. The van der Waals surface area contributed by atoms with E-state index in [0.717, 1.165) is 0 Å². The molecule has 0 amide bonds. The Kier molecular flexibility index (Phi) is 4.11. The van der Waals surface area contributed by atoms with E-state index in [1.165, 1.54) is 10.9 Å². The Labute approximate surface area is 139 Å². The fourth-order valence-corrected chi connectivity index (χ4v) is 3.21. The Morgan fingerprint density at radius 2 is 2.00 bits per heavy atom. The molecule has 1 saturated heterocycles. The highest BCUT2D eigenvalue weighted by molar-refractivity contribution is 7.89. The van der Waals surface area contributed by atoms with Gasteiger partial charge < -0.3 is 25.8 Å². The van der Waals surface area contributed by atoms with Gasteiger partial charge in [0.05, 0.1) is 6.33 Å². The van der Waals surface area contributed by atoms with E-state index in [1.54, 1.807) is 0 Å². The summed E-state index contributed by atoms with van der Waals surface area (Å²) in [5.74, 6) is -0.0158. The number of rotatable bonds is 3. The van der Waals surface area contributed by atoms with Gasteiger partial charge >= 0.3 is 0 Å². The van der Waals surface area contributed by atoms with Crippen molar-refractivity contribution >= 4 is 38.6 Å². The zero-order valence-electron chi connectivity index (χ0n) is 11.8. The number of hydrogen-bond acceptors (Lipinski definition) is 10. The second-order valence-electron chi connectivity index (χ2n) is 5.15. The van der Waals surface area contributed by atoms with Crippen LogP contribution in [0, 0.1) is 0 Å². The third-order valence-corrected chi connectivity index (χ3v) is 4.70. The fourth-order valence-electron chi connectivity index (χ4n) is 2.43. The minimum Gasteiger partial charge on any atom is -0.387 e. The molecule has 2 aromatic heterocycles. The first-order valence-corrected chi connectivity index (χ1v) is 8.47. The zero-order valence-corrected chi connectivity index (χ0v) is 13.3. The predicted octanol–water partition coefficient (Wildman–Crippen LogP) is -2.71. The second-order valence-corrected chi connectivity index (χ2v) is 7.15. The molecule has 0 bridgehead atoms. The lowest BCUT2D eigenvalue weighted by Crippen LogP contribution is -2.45. The van der Waals surface area contributed by atoms with Gasteiger partial charge in [0.1, 0.15) is 23.8 Å². The molecule has 7 N–H and O–H groups in total. The summed E-state index contributed by atoms with van der Waals surface area (Å²) in [4.78, 5) is 11.6. The van der Waals surface area contributed by atoms with Gasteiger partial charge in [-0.05, 0) is 11.6 Å². The quantitative estimate of drug-likeness (QED) is 0.348. The molecule has 0 spiro atoms. The molecule has 24 heavy (non-hydrogen) atoms. The topological polar surface area (TPSA) is 200 Å². The predicted molar refractivity (Wildman–Crippen MR) is 79.8 cm³/mol. The van der Waals surface area contributed by atoms with Crippen LogP contribution in [0.4, 0.5) is 5.82 Å². The minimum atomic E-state index is -4.42. The number of nitrogen functional groups attached to an aromatic ring is 1. The van der Waals surface area contributed by atoms with Gasteiger partial charge in [0, 0.05) is 0 Å². The number of hydrogen-bond donors (Lipinski definition) is 5. The summed E-state index contributed by atoms with van der Waals surface area (Å²) in [7, 11) is -4.42. The number of aromatic nitrogens is 4. The van der Waals surface area contributed by atoms with E-state index >= 15 is 0 Å². The minimum absolute atomic E-state index is 0.0158. The van der Waals surface area contributed by atoms with Crippen LogP contribution in [-0.4, -0.2) is 67.0 Å². The molecule has 0 radical (unpaired) electrons. The molecule has 5 atom stereocenters. The third-order valence-electron chi connectivity index (χ3n) is 3.59. The van der Waals surface area contributed by atoms with Crippen LogP contribution >= 0.6 is 11.6 Å². The van der Waals surface area contributed by atoms with Crippen molar-refractivity contribution < 1.29 is 28.5 Å². The van der Waals surface area contributed by atoms with E-state index in [9.17, 15) is 23.7 Å². The summed E-state index contributed by atoms with van der Waals surface area (Å²) in [5, 5.41) is 34.4. The van der Waals surface area contributed by atoms with Gasteiger partial charge in [0.15, 0.2) is 23.1 Å². The lowest BCUT2D eigenvalue weighted by atomic mass is 10.1. The lowest BCUT2D eigenvalue weighted by Gasteiger charge is -2.19. The molecule has 12 nitrogen and oxygen atoms in total. The zero-order chi connectivity index (χ0) is 17.8. The number of aliphatic hydroxyl groups is 3. The van der Waals surface area contributed by atoms with E-state index in [1.807, 2.05) is 0 Å². The molecule has 14 heteroatoms. The van der Waals surface area contributed by atoms with Crippen LogP contribution in [0.2, 0.25) is 5.28 Å². The largest absolute Gasteiger partial charge is 0.387 e. The van der Waals surface area contributed by atoms with Gasteiger partial charge in [-0.3, -0.25) is 4.57 Å². The molecule has 1 fully saturated rings. The number of anilines is 1. The number of nitrogens with two attached hydrogens (primary N) is 2. The summed E-state index contributed by atoms with van der Waals surface area (Å²) < 4.78 is 29.0. The Morgan fingerprint density at radius 3 is 2.62 bits per heavy atom. The van der Waals surface area contributed by atoms with Crippen LogP contribution in [-0.2, 0) is 14.8 Å². The number of sulfonamides is 1. The number of imidazole rings is 1. The van der Waals surface area contributed by atoms with Crippen LogP contribution in [0.5, 0.6) is 0 Å². The Balaban J connectivity index is 2.02. The number of nitrogens with zero attached hydrogens (tertiary/aromatic N) is 4. The van der Waals surface area contributed by atoms with Crippen molar-refractivity contribution in [2.75, 3.05) is 5.73 Å². The van der Waals surface area contributed by atoms with Crippen LogP contribution in [0.25, 0.3) is 11.2 Å². The Morgan fingerprint density at radius 1 is 1.33 bits per heavy atom. The average molecular weight is 381 g/mol. The van der Waals surface area contributed by atoms with Gasteiger partial charge in [-0.25, -0.2) is 18.5 Å². The number of halogens is 1. The maximum Gasteiger partial charge on any atom is 0.238 e. The highest BCUT2D eigenvalue weighted by Crippen LogP contribution is 2.34. The first-order chi connectivity index (χ1) is 11.1. The van der Waals surface area contributed by atoms with Crippen molar-refractivity contribution in [3.05, 3.63) is 11.6 Å². The number of fused-ring (bicyclic) bond motifs is 1. The molecule has 0 aromatic carbocycles. The monoisotopic (exact) mass is 380 g/mol. The first-order valence-electron chi connectivity index (χ1n) is 6.48. The molecule has 132 valence electrons. The second kappa shape index (κ2) is 5.73. The maximum absolute atomic E-state index is 11.2. The van der Waals surface area contributed by atoms with E-state index < -0.39 is 40.0 Å². The number of aliphatic hydroxyl groups excluding tert-OH is 3. The summed E-state index contributed by atoms with van der Waals surface area (Å²) in [6.45, 7) is 0. The average Bonchev–Trinajstić information content (AvgIpc) is 3.00. The Hall–Kier alpha value is -1.61. The fraction of sp³-hybridized carbons (Fsp3) is 0.500. The summed E-state index contributed by atoms with van der Waals surface area (Å²) in [5.41, 5.74) is 3.69. The normalized spacial score (nSPS) is 29.2. The molecule has 0 aliphatic carbocycles. The molecular weight excluding hydrogens is 368 g/mol. The van der Waals surface area contributed by atoms with Crippen LogP contribution < -0.4 is 10.9 Å². The highest BCUT2D eigenvalue weighted by Gasteiger charge is 2.50. The molecule has 1 aliphatic rings. The number of primary sulfonamides is 1. The summed E-state index contributed by atoms with van der Waals surface area (Å²) in [6, 6.07) is 0. The molecule has 3 rings (SSSR count). The third kappa shape index (κ3) is 2.69. The summed E-state index contributed by atoms with van der Waals surface area (Å²) >= 11 is 5.73. The van der Waals surface area contributed by atoms with Crippen LogP contribution in [0.3, 0.4) is 0 Å². The number of ether oxygens (including phenoxy) is 1. The molecule has 3 heterocycles. The van der Waals surface area contributed by atoms with Gasteiger partial charge in [-0.15, -0.1) is 0 Å². The lowest BCUT2D eigenvalue weighted by molar-refractivity contribution is -0.0615. The van der Waals surface area contributed by atoms with Crippen LogP contribution in [0.15, 0.2) is 6.33 Å². The van der Waals surface area contributed by atoms with E-state index in [0.29, 0.717) is 0 Å². The molecule has 2 aromatic rings. The van der Waals surface area contributed by atoms with Gasteiger partial charge in [0.25, 0.3) is 0 Å². The molecule has 1 unspecified atom stereocenters. The van der Waals surface area contributed by atoms with Gasteiger partial charge in [-0.2, -0.15) is 9.97 Å². The van der Waals surface area contributed by atoms with Gasteiger partial charge in [0.2, 0.25) is 15.3 Å². The van der Waals surface area contributed by atoms with Crippen molar-refractivity contribution in [3.63, 3.8) is 0 Å². The van der Waals surface area contributed by atoms with Crippen molar-refractivity contribution in [1.82, 2.24) is 19.5 Å². The first kappa shape index (κ1) is 17.2. The van der Waals surface area contributed by atoms with Crippen molar-refractivity contribution in [1.29, 1.82) is 0 Å². The standard InChI is InChI=1S/C10H13ClN6O6S/c11-10-15-6(12)2-7(16-10)17(1-14-2)8-4(19)3(18)5(23-8)9(20)24(13,21)22/h1,3-5,8-9,18-20H,(H2,12,15,16)(H2,13,21,22)/t3-,4+,5-,8+,9?/m0/s1. The highest BCUT2D eigenvalue weighted by atomic mass is 35.5. The van der Waals surface area contributed by atoms with Crippen molar-refractivity contribution in [3.8, 4) is 0 Å². The van der Waals surface area contributed by atoms with E-state index in [-0.39, 0.29) is 22.3 Å². The Bertz CT molecular complexity index is 889. The van der Waals surface area contributed by atoms with Crippen LogP contribution in [0.1, 0.15) is 6.23 Å². The van der Waals surface area contributed by atoms with Crippen molar-refractivity contribution in [2.24, 2.45) is 5.14 Å². The SMILES string of the molecule is Nc1nc(Cl)nc2c1ncn2[C@@H]1O[C@H](C(O)S(N)(=O)=O)[C@@H](O)[C@H]1O.